The number of urea groups is 1. The van der Waals surface area contributed by atoms with Gasteiger partial charge in [-0.25, -0.2) is 4.79 Å². The molecule has 2 rings (SSSR count). The molecule has 0 spiro atoms. The van der Waals surface area contributed by atoms with Crippen molar-refractivity contribution in [2.75, 3.05) is 18.5 Å². The van der Waals surface area contributed by atoms with Crippen LogP contribution in [0.25, 0.3) is 0 Å². The number of aryl methyl sites for hydroxylation is 1. The molecule has 21 heavy (non-hydrogen) atoms. The van der Waals surface area contributed by atoms with Crippen LogP contribution >= 0.6 is 11.6 Å². The molecule has 0 heterocycles. The second-order valence-corrected chi connectivity index (χ2v) is 4.99. The maximum absolute atomic E-state index is 11.7. The third-order valence-corrected chi connectivity index (χ3v) is 3.00. The molecular weight excluding hydrogens is 288 g/mol. The normalized spacial score (nSPS) is 10.0. The molecule has 2 N–H and O–H groups in total. The van der Waals surface area contributed by atoms with E-state index in [4.69, 9.17) is 16.3 Å². The summed E-state index contributed by atoms with van der Waals surface area (Å²) in [6, 6.07) is 14.4. The van der Waals surface area contributed by atoms with Crippen LogP contribution in [-0.2, 0) is 0 Å². The molecule has 0 aliphatic heterocycles. The van der Waals surface area contributed by atoms with Gasteiger partial charge in [-0.3, -0.25) is 0 Å². The molecule has 0 bridgehead atoms. The Balaban J connectivity index is 1.68. The highest BCUT2D eigenvalue weighted by Gasteiger charge is 2.01. The number of rotatable bonds is 5. The number of benzene rings is 2. The number of hydrogen-bond donors (Lipinski definition) is 2. The Kier molecular flexibility index (Phi) is 5.46. The van der Waals surface area contributed by atoms with Crippen LogP contribution in [0, 0.1) is 6.92 Å². The number of amides is 2. The Morgan fingerprint density at radius 3 is 2.67 bits per heavy atom. The first-order valence-corrected chi connectivity index (χ1v) is 7.01. The van der Waals surface area contributed by atoms with E-state index in [2.05, 4.69) is 10.6 Å². The van der Waals surface area contributed by atoms with E-state index in [0.29, 0.717) is 23.9 Å². The summed E-state index contributed by atoms with van der Waals surface area (Å²) < 4.78 is 5.54. The summed E-state index contributed by atoms with van der Waals surface area (Å²) in [5.74, 6) is 0.801. The van der Waals surface area contributed by atoms with E-state index in [1.165, 1.54) is 0 Å². The Morgan fingerprint density at radius 1 is 1.19 bits per heavy atom. The van der Waals surface area contributed by atoms with Gasteiger partial charge in [0, 0.05) is 10.7 Å². The van der Waals surface area contributed by atoms with Crippen molar-refractivity contribution in [3.05, 3.63) is 59.1 Å². The van der Waals surface area contributed by atoms with Crippen LogP contribution in [-0.4, -0.2) is 19.2 Å². The number of hydrogen-bond acceptors (Lipinski definition) is 2. The SMILES string of the molecule is Cc1cccc(OCCNC(=O)Nc2ccc(Cl)cc2)c1. The van der Waals surface area contributed by atoms with Gasteiger partial charge >= 0.3 is 6.03 Å². The minimum Gasteiger partial charge on any atom is -0.492 e. The quantitative estimate of drug-likeness (QED) is 0.824. The van der Waals surface area contributed by atoms with Crippen LogP contribution in [0.15, 0.2) is 48.5 Å². The minimum atomic E-state index is -0.273. The molecule has 2 amide bonds. The fraction of sp³-hybridized carbons (Fsp3) is 0.188. The van der Waals surface area contributed by atoms with Crippen LogP contribution in [0.1, 0.15) is 5.56 Å². The van der Waals surface area contributed by atoms with Crippen LogP contribution in [0.4, 0.5) is 10.5 Å². The number of carbonyl (C=O) groups is 1. The van der Waals surface area contributed by atoms with Gasteiger partial charge in [0.05, 0.1) is 6.54 Å². The first kappa shape index (κ1) is 15.2. The lowest BCUT2D eigenvalue weighted by Crippen LogP contribution is -2.32. The third-order valence-electron chi connectivity index (χ3n) is 2.75. The molecule has 110 valence electrons. The molecular formula is C16H17ClN2O2. The van der Waals surface area contributed by atoms with Crippen molar-refractivity contribution in [3.63, 3.8) is 0 Å². The Labute approximate surface area is 129 Å². The zero-order chi connectivity index (χ0) is 15.1. The van der Waals surface area contributed by atoms with Crippen LogP contribution < -0.4 is 15.4 Å². The van der Waals surface area contributed by atoms with Crippen molar-refractivity contribution in [2.45, 2.75) is 6.92 Å². The topological polar surface area (TPSA) is 50.4 Å². The summed E-state index contributed by atoms with van der Waals surface area (Å²) in [4.78, 5) is 11.7. The first-order chi connectivity index (χ1) is 10.1. The van der Waals surface area contributed by atoms with E-state index in [0.717, 1.165) is 11.3 Å². The van der Waals surface area contributed by atoms with Crippen LogP contribution in [0.5, 0.6) is 5.75 Å². The van der Waals surface area contributed by atoms with Crippen molar-refractivity contribution in [2.24, 2.45) is 0 Å². The molecule has 4 nitrogen and oxygen atoms in total. The third kappa shape index (κ3) is 5.36. The van der Waals surface area contributed by atoms with Crippen LogP contribution in [0.3, 0.4) is 0 Å². The lowest BCUT2D eigenvalue weighted by atomic mass is 10.2. The highest BCUT2D eigenvalue weighted by molar-refractivity contribution is 6.30. The average molecular weight is 305 g/mol. The standard InChI is InChI=1S/C16H17ClN2O2/c1-12-3-2-4-15(11-12)21-10-9-18-16(20)19-14-7-5-13(17)6-8-14/h2-8,11H,9-10H2,1H3,(H2,18,19,20). The van der Waals surface area contributed by atoms with Gasteiger partial charge in [0.25, 0.3) is 0 Å². The molecule has 2 aromatic rings. The van der Waals surface area contributed by atoms with E-state index in [9.17, 15) is 4.79 Å². The summed E-state index contributed by atoms with van der Waals surface area (Å²) in [5, 5.41) is 6.07. The van der Waals surface area contributed by atoms with Gasteiger partial charge in [0.15, 0.2) is 0 Å². The molecule has 0 aliphatic carbocycles. The lowest BCUT2D eigenvalue weighted by molar-refractivity contribution is 0.247. The summed E-state index contributed by atoms with van der Waals surface area (Å²) in [7, 11) is 0. The Morgan fingerprint density at radius 2 is 1.95 bits per heavy atom. The van der Waals surface area contributed by atoms with Gasteiger partial charge in [0.2, 0.25) is 0 Å². The van der Waals surface area contributed by atoms with Crippen molar-refractivity contribution >= 4 is 23.3 Å². The van der Waals surface area contributed by atoms with Gasteiger partial charge in [0.1, 0.15) is 12.4 Å². The maximum atomic E-state index is 11.7. The Bertz CT molecular complexity index is 599. The predicted octanol–water partition coefficient (Wildman–Crippen LogP) is 3.85. The molecule has 0 saturated carbocycles. The number of carbonyl (C=O) groups excluding carboxylic acids is 1. The molecule has 0 unspecified atom stereocenters. The number of halogens is 1. The fourth-order valence-corrected chi connectivity index (χ4v) is 1.87. The molecule has 0 saturated heterocycles. The summed E-state index contributed by atoms with van der Waals surface area (Å²) in [5.41, 5.74) is 1.83. The molecule has 0 radical (unpaired) electrons. The van der Waals surface area contributed by atoms with E-state index >= 15 is 0 Å². The molecule has 0 fully saturated rings. The highest BCUT2D eigenvalue weighted by atomic mass is 35.5. The van der Waals surface area contributed by atoms with Gasteiger partial charge in [-0.1, -0.05) is 23.7 Å². The van der Waals surface area contributed by atoms with E-state index in [1.54, 1.807) is 24.3 Å². The number of ether oxygens (including phenoxy) is 1. The largest absolute Gasteiger partial charge is 0.492 e. The summed E-state index contributed by atoms with van der Waals surface area (Å²) in [6.45, 7) is 2.84. The van der Waals surface area contributed by atoms with Crippen LogP contribution in [0.2, 0.25) is 5.02 Å². The van der Waals surface area contributed by atoms with Crippen molar-refractivity contribution in [3.8, 4) is 5.75 Å². The second-order valence-electron chi connectivity index (χ2n) is 4.55. The van der Waals surface area contributed by atoms with Gasteiger partial charge in [-0.05, 0) is 48.9 Å². The summed E-state index contributed by atoms with van der Waals surface area (Å²) in [6.07, 6.45) is 0. The Hall–Kier alpha value is -2.20. The zero-order valence-electron chi connectivity index (χ0n) is 11.7. The molecule has 2 aromatic carbocycles. The van der Waals surface area contributed by atoms with Gasteiger partial charge < -0.3 is 15.4 Å². The van der Waals surface area contributed by atoms with E-state index in [-0.39, 0.29) is 6.03 Å². The van der Waals surface area contributed by atoms with Gasteiger partial charge in [-0.15, -0.1) is 0 Å². The average Bonchev–Trinajstić information content (AvgIpc) is 2.46. The highest BCUT2D eigenvalue weighted by Crippen LogP contribution is 2.13. The fourth-order valence-electron chi connectivity index (χ4n) is 1.75. The number of nitrogens with one attached hydrogen (secondary N) is 2. The monoisotopic (exact) mass is 304 g/mol. The molecule has 0 aromatic heterocycles. The van der Waals surface area contributed by atoms with Gasteiger partial charge in [-0.2, -0.15) is 0 Å². The summed E-state index contributed by atoms with van der Waals surface area (Å²) >= 11 is 5.78. The zero-order valence-corrected chi connectivity index (χ0v) is 12.5. The molecule has 0 aliphatic rings. The minimum absolute atomic E-state index is 0.273. The van der Waals surface area contributed by atoms with Crippen molar-refractivity contribution in [1.29, 1.82) is 0 Å². The first-order valence-electron chi connectivity index (χ1n) is 6.63. The van der Waals surface area contributed by atoms with Crippen molar-refractivity contribution in [1.82, 2.24) is 5.32 Å². The lowest BCUT2D eigenvalue weighted by Gasteiger charge is -2.09. The second kappa shape index (κ2) is 7.55. The number of anilines is 1. The molecule has 0 atom stereocenters. The predicted molar refractivity (Wildman–Crippen MR) is 85.1 cm³/mol. The van der Waals surface area contributed by atoms with Crippen molar-refractivity contribution < 1.29 is 9.53 Å². The molecule has 5 heteroatoms. The smallest absolute Gasteiger partial charge is 0.319 e. The van der Waals surface area contributed by atoms with E-state index in [1.807, 2.05) is 31.2 Å². The maximum Gasteiger partial charge on any atom is 0.319 e. The van der Waals surface area contributed by atoms with E-state index < -0.39 is 0 Å².